The Morgan fingerprint density at radius 3 is 2.24 bits per heavy atom. The second kappa shape index (κ2) is 9.87. The molecule has 1 aromatic carbocycles. The van der Waals surface area contributed by atoms with Crippen LogP contribution in [0.25, 0.3) is 0 Å². The van der Waals surface area contributed by atoms with Gasteiger partial charge in [0.25, 0.3) is 0 Å². The lowest BCUT2D eigenvalue weighted by molar-refractivity contribution is -0.138. The van der Waals surface area contributed by atoms with E-state index in [9.17, 15) is 14.4 Å². The maximum absolute atomic E-state index is 12.8. The molecule has 1 amide bonds. The number of nitrogens with two attached hydrogens (primary N) is 1. The molecule has 4 N–H and O–H groups in total. The lowest BCUT2D eigenvalue weighted by Gasteiger charge is -2.28. The van der Waals surface area contributed by atoms with E-state index in [-0.39, 0.29) is 18.1 Å². The second-order valence-electron chi connectivity index (χ2n) is 8.81. The maximum atomic E-state index is 12.8. The summed E-state index contributed by atoms with van der Waals surface area (Å²) in [5, 5.41) is 11.7. The lowest BCUT2D eigenvalue weighted by Crippen LogP contribution is -2.36. The highest BCUT2D eigenvalue weighted by Gasteiger charge is 2.27. The molecular weight excluding hydrogens is 372 g/mol. The second-order valence-corrected chi connectivity index (χ2v) is 8.81. The molecule has 160 valence electrons. The fourth-order valence-corrected chi connectivity index (χ4v) is 3.55. The Morgan fingerprint density at radius 2 is 1.72 bits per heavy atom. The average Bonchev–Trinajstić information content (AvgIpc) is 2.65. The normalized spacial score (nSPS) is 20.6. The van der Waals surface area contributed by atoms with Crippen LogP contribution in [0.15, 0.2) is 24.3 Å². The summed E-state index contributed by atoms with van der Waals surface area (Å²) in [5.74, 6) is -0.577. The summed E-state index contributed by atoms with van der Waals surface area (Å²) in [5.41, 5.74) is 6.48. The van der Waals surface area contributed by atoms with Crippen molar-refractivity contribution >= 4 is 17.8 Å². The standard InChI is InChI=1S/C22H32N2O5/c1-22(2,3)29-21(28)24-13-15-6-10-17(11-7-15)19(25)16-8-4-14(5-9-16)12-18(23)20(26)27/h4-5,8-9,15,17-18H,6-7,10-13,23H2,1-3H3,(H,24,28)(H,26,27)/t15-,17-,18?. The van der Waals surface area contributed by atoms with Crippen molar-refractivity contribution in [1.29, 1.82) is 0 Å². The molecule has 2 rings (SSSR count). The highest BCUT2D eigenvalue weighted by Crippen LogP contribution is 2.31. The van der Waals surface area contributed by atoms with Gasteiger partial charge in [0.2, 0.25) is 0 Å². The van der Waals surface area contributed by atoms with E-state index < -0.39 is 23.7 Å². The molecule has 1 unspecified atom stereocenters. The Balaban J connectivity index is 1.79. The van der Waals surface area contributed by atoms with Gasteiger partial charge in [-0.2, -0.15) is 0 Å². The van der Waals surface area contributed by atoms with E-state index in [1.807, 2.05) is 20.8 Å². The third-order valence-electron chi connectivity index (χ3n) is 5.16. The predicted octanol–water partition coefficient (Wildman–Crippen LogP) is 3.15. The van der Waals surface area contributed by atoms with Crippen molar-refractivity contribution in [2.24, 2.45) is 17.6 Å². The van der Waals surface area contributed by atoms with Crippen LogP contribution in [0.1, 0.15) is 62.4 Å². The molecular formula is C22H32N2O5. The SMILES string of the molecule is CC(C)(C)OC(=O)NC[C@H]1CC[C@H](C(=O)c2ccc(CC(N)C(=O)O)cc2)CC1. The Bertz CT molecular complexity index is 716. The molecule has 0 bridgehead atoms. The van der Waals surface area contributed by atoms with Gasteiger partial charge in [-0.25, -0.2) is 4.79 Å². The number of nitrogens with one attached hydrogen (secondary N) is 1. The topological polar surface area (TPSA) is 119 Å². The molecule has 1 aromatic rings. The van der Waals surface area contributed by atoms with Crippen molar-refractivity contribution in [2.75, 3.05) is 6.54 Å². The molecule has 1 aliphatic carbocycles. The fourth-order valence-electron chi connectivity index (χ4n) is 3.55. The number of ketones is 1. The number of aliphatic carboxylic acids is 1. The molecule has 0 spiro atoms. The van der Waals surface area contributed by atoms with Crippen LogP contribution in [-0.4, -0.2) is 41.1 Å². The average molecular weight is 405 g/mol. The number of ether oxygens (including phenoxy) is 1. The summed E-state index contributed by atoms with van der Waals surface area (Å²) < 4.78 is 5.25. The van der Waals surface area contributed by atoms with Gasteiger partial charge < -0.3 is 20.9 Å². The monoisotopic (exact) mass is 404 g/mol. The zero-order valence-electron chi connectivity index (χ0n) is 17.4. The molecule has 0 aliphatic heterocycles. The molecule has 1 atom stereocenters. The third kappa shape index (κ3) is 7.49. The Morgan fingerprint density at radius 1 is 1.14 bits per heavy atom. The Kier molecular flexibility index (Phi) is 7.79. The molecule has 7 nitrogen and oxygen atoms in total. The number of amides is 1. The van der Waals surface area contributed by atoms with Crippen LogP contribution in [0.3, 0.4) is 0 Å². The van der Waals surface area contributed by atoms with E-state index in [4.69, 9.17) is 15.6 Å². The Labute approximate surface area is 172 Å². The molecule has 7 heteroatoms. The molecule has 0 radical (unpaired) electrons. The van der Waals surface area contributed by atoms with Gasteiger partial charge in [-0.1, -0.05) is 24.3 Å². The first kappa shape index (κ1) is 22.9. The quantitative estimate of drug-likeness (QED) is 0.601. The largest absolute Gasteiger partial charge is 0.480 e. The predicted molar refractivity (Wildman–Crippen MR) is 110 cm³/mol. The number of carboxylic acids is 1. The van der Waals surface area contributed by atoms with E-state index >= 15 is 0 Å². The van der Waals surface area contributed by atoms with Crippen molar-refractivity contribution in [3.8, 4) is 0 Å². The van der Waals surface area contributed by atoms with E-state index in [1.165, 1.54) is 0 Å². The number of alkyl carbamates (subject to hydrolysis) is 1. The number of hydrogen-bond donors (Lipinski definition) is 3. The van der Waals surface area contributed by atoms with Crippen LogP contribution in [0, 0.1) is 11.8 Å². The van der Waals surface area contributed by atoms with Gasteiger partial charge in [-0.05, 0) is 64.4 Å². The van der Waals surface area contributed by atoms with E-state index in [2.05, 4.69) is 5.32 Å². The van der Waals surface area contributed by atoms with Crippen molar-refractivity contribution in [2.45, 2.75) is 64.5 Å². The number of benzene rings is 1. The summed E-state index contributed by atoms with van der Waals surface area (Å²) in [7, 11) is 0. The van der Waals surface area contributed by atoms with Gasteiger partial charge in [0.15, 0.2) is 5.78 Å². The third-order valence-corrected chi connectivity index (χ3v) is 5.16. The van der Waals surface area contributed by atoms with Gasteiger partial charge in [0.1, 0.15) is 11.6 Å². The van der Waals surface area contributed by atoms with Crippen LogP contribution in [0.5, 0.6) is 0 Å². The van der Waals surface area contributed by atoms with E-state index in [0.29, 0.717) is 18.0 Å². The van der Waals surface area contributed by atoms with Crippen LogP contribution in [0.4, 0.5) is 4.79 Å². The van der Waals surface area contributed by atoms with Gasteiger partial charge in [0.05, 0.1) is 0 Å². The molecule has 1 saturated carbocycles. The summed E-state index contributed by atoms with van der Waals surface area (Å²) in [6, 6.07) is 6.10. The zero-order chi connectivity index (χ0) is 21.6. The molecule has 0 saturated heterocycles. The zero-order valence-corrected chi connectivity index (χ0v) is 17.4. The molecule has 29 heavy (non-hydrogen) atoms. The molecule has 1 fully saturated rings. The fraction of sp³-hybridized carbons (Fsp3) is 0.591. The first-order valence-corrected chi connectivity index (χ1v) is 10.1. The minimum atomic E-state index is -1.04. The van der Waals surface area contributed by atoms with Crippen molar-refractivity contribution in [1.82, 2.24) is 5.32 Å². The first-order chi connectivity index (χ1) is 13.5. The van der Waals surface area contributed by atoms with E-state index in [1.54, 1.807) is 24.3 Å². The summed E-state index contributed by atoms with van der Waals surface area (Å²) >= 11 is 0. The number of carboxylic acid groups (broad SMARTS) is 1. The van der Waals surface area contributed by atoms with Gasteiger partial charge in [-0.3, -0.25) is 9.59 Å². The van der Waals surface area contributed by atoms with Crippen LogP contribution >= 0.6 is 0 Å². The van der Waals surface area contributed by atoms with Gasteiger partial charge in [0, 0.05) is 18.0 Å². The van der Waals surface area contributed by atoms with Crippen molar-refractivity contribution in [3.63, 3.8) is 0 Å². The highest BCUT2D eigenvalue weighted by atomic mass is 16.6. The number of carbonyl (C=O) groups is 3. The summed E-state index contributed by atoms with van der Waals surface area (Å²) in [6.07, 6.45) is 3.20. The molecule has 1 aliphatic rings. The minimum Gasteiger partial charge on any atom is -0.480 e. The molecule has 0 aromatic heterocycles. The number of hydrogen-bond acceptors (Lipinski definition) is 5. The van der Waals surface area contributed by atoms with Crippen LogP contribution in [0.2, 0.25) is 0 Å². The summed E-state index contributed by atoms with van der Waals surface area (Å²) in [6.45, 7) is 6.05. The smallest absolute Gasteiger partial charge is 0.407 e. The lowest BCUT2D eigenvalue weighted by atomic mass is 9.78. The van der Waals surface area contributed by atoms with Crippen LogP contribution < -0.4 is 11.1 Å². The maximum Gasteiger partial charge on any atom is 0.407 e. The van der Waals surface area contributed by atoms with Gasteiger partial charge >= 0.3 is 12.1 Å². The first-order valence-electron chi connectivity index (χ1n) is 10.1. The van der Waals surface area contributed by atoms with Crippen molar-refractivity contribution < 1.29 is 24.2 Å². The highest BCUT2D eigenvalue weighted by molar-refractivity contribution is 5.97. The minimum absolute atomic E-state index is 0.0140. The molecule has 0 heterocycles. The number of rotatable bonds is 7. The van der Waals surface area contributed by atoms with Crippen molar-refractivity contribution in [3.05, 3.63) is 35.4 Å². The summed E-state index contributed by atoms with van der Waals surface area (Å²) in [4.78, 5) is 35.4. The van der Waals surface area contributed by atoms with Crippen LogP contribution in [-0.2, 0) is 16.0 Å². The van der Waals surface area contributed by atoms with E-state index in [0.717, 1.165) is 31.2 Å². The number of carbonyl (C=O) groups excluding carboxylic acids is 2. The Hall–Kier alpha value is -2.41. The van der Waals surface area contributed by atoms with Gasteiger partial charge in [-0.15, -0.1) is 0 Å². The number of Topliss-reactive ketones (excluding diaryl/α,β-unsaturated/α-hetero) is 1.